The fraction of sp³-hybridized carbons (Fsp3) is 0.235. The lowest BCUT2D eigenvalue weighted by Gasteiger charge is -2.08. The minimum Gasteiger partial charge on any atom is -0.207 e. The second-order valence-electron chi connectivity index (χ2n) is 5.81. The summed E-state index contributed by atoms with van der Waals surface area (Å²) in [6.07, 6.45) is -4.68. The van der Waals surface area contributed by atoms with Gasteiger partial charge in [0.1, 0.15) is 6.04 Å². The molecule has 130 valence electrons. The molecule has 2 aromatic rings. The molecule has 3 atom stereocenters. The summed E-state index contributed by atoms with van der Waals surface area (Å²) in [7, 11) is -4.28. The molecule has 1 aliphatic rings. The lowest BCUT2D eigenvalue weighted by atomic mass is 10.1. The summed E-state index contributed by atoms with van der Waals surface area (Å²) >= 11 is 0. The number of hydrogen-bond donors (Lipinski definition) is 0. The van der Waals surface area contributed by atoms with Crippen molar-refractivity contribution in [2.45, 2.75) is 30.1 Å². The number of nitrogens with zero attached hydrogens (tertiary/aromatic N) is 2. The Morgan fingerprint density at radius 3 is 2.08 bits per heavy atom. The van der Waals surface area contributed by atoms with Crippen molar-refractivity contribution < 1.29 is 21.6 Å². The second-order valence-corrected chi connectivity index (χ2v) is 7.66. The number of alkyl halides is 3. The zero-order valence-electron chi connectivity index (χ0n) is 13.0. The summed E-state index contributed by atoms with van der Waals surface area (Å²) in [5, 5.41) is 8.78. The molecule has 8 heteroatoms. The highest BCUT2D eigenvalue weighted by Crippen LogP contribution is 2.54. The van der Waals surface area contributed by atoms with Crippen LogP contribution in [0, 0.1) is 18.3 Å². The van der Waals surface area contributed by atoms with Crippen LogP contribution in [0.15, 0.2) is 53.4 Å². The Hall–Kier alpha value is -2.37. The monoisotopic (exact) mass is 366 g/mol. The molecule has 1 fully saturated rings. The van der Waals surface area contributed by atoms with E-state index in [1.54, 1.807) is 6.92 Å². The molecule has 0 aromatic heterocycles. The minimum atomic E-state index is -4.68. The SMILES string of the molecule is Cc1ccc(S(=O)(=O)N2[C@H](c3ccc(C#N)cc3)[C@@H]2C(F)(F)F)cc1. The normalized spacial score (nSPS) is 23.1. The van der Waals surface area contributed by atoms with Gasteiger partial charge in [-0.3, -0.25) is 0 Å². The first-order valence-corrected chi connectivity index (χ1v) is 8.77. The second kappa shape index (κ2) is 5.86. The van der Waals surface area contributed by atoms with Gasteiger partial charge in [0.15, 0.2) is 0 Å². The zero-order valence-corrected chi connectivity index (χ0v) is 13.8. The molecule has 0 aliphatic carbocycles. The molecule has 1 aliphatic heterocycles. The zero-order chi connectivity index (χ0) is 18.4. The van der Waals surface area contributed by atoms with Crippen LogP contribution in [-0.4, -0.2) is 24.9 Å². The van der Waals surface area contributed by atoms with Gasteiger partial charge >= 0.3 is 6.18 Å². The van der Waals surface area contributed by atoms with Crippen LogP contribution in [0.1, 0.15) is 22.7 Å². The van der Waals surface area contributed by atoms with Crippen LogP contribution in [0.4, 0.5) is 13.2 Å². The van der Waals surface area contributed by atoms with E-state index in [0.717, 1.165) is 5.56 Å². The number of halogens is 3. The van der Waals surface area contributed by atoms with Gasteiger partial charge in [0.2, 0.25) is 10.0 Å². The molecule has 1 heterocycles. The van der Waals surface area contributed by atoms with E-state index in [2.05, 4.69) is 0 Å². The number of sulfonamides is 1. The molecular formula is C17H13F3N2O2S. The average Bonchev–Trinajstić information content (AvgIpc) is 3.32. The quantitative estimate of drug-likeness (QED) is 0.781. The van der Waals surface area contributed by atoms with Gasteiger partial charge in [-0.1, -0.05) is 29.8 Å². The maximum absolute atomic E-state index is 13.3. The van der Waals surface area contributed by atoms with Gasteiger partial charge in [-0.2, -0.15) is 22.7 Å². The van der Waals surface area contributed by atoms with E-state index in [9.17, 15) is 21.6 Å². The van der Waals surface area contributed by atoms with Gasteiger partial charge in [0, 0.05) is 0 Å². The maximum Gasteiger partial charge on any atom is 0.407 e. The van der Waals surface area contributed by atoms with Crippen LogP contribution in [0.3, 0.4) is 0 Å². The summed E-state index contributed by atoms with van der Waals surface area (Å²) in [6.45, 7) is 1.76. The predicted molar refractivity (Wildman–Crippen MR) is 83.9 cm³/mol. The summed E-state index contributed by atoms with van der Waals surface area (Å²) in [5.41, 5.74) is 1.30. The van der Waals surface area contributed by atoms with Crippen molar-refractivity contribution in [1.82, 2.24) is 4.31 Å². The molecule has 0 amide bonds. The highest BCUT2D eigenvalue weighted by atomic mass is 32.2. The smallest absolute Gasteiger partial charge is 0.207 e. The van der Waals surface area contributed by atoms with Crippen molar-refractivity contribution in [3.63, 3.8) is 0 Å². The Morgan fingerprint density at radius 2 is 1.60 bits per heavy atom. The molecule has 3 rings (SSSR count). The molecule has 1 unspecified atom stereocenters. The van der Waals surface area contributed by atoms with Crippen molar-refractivity contribution in [1.29, 1.82) is 5.26 Å². The number of nitriles is 1. The van der Waals surface area contributed by atoms with Crippen molar-refractivity contribution in [3.8, 4) is 6.07 Å². The third-order valence-electron chi connectivity index (χ3n) is 4.07. The van der Waals surface area contributed by atoms with Gasteiger partial charge in [-0.25, -0.2) is 8.42 Å². The topological polar surface area (TPSA) is 60.9 Å². The summed E-state index contributed by atoms with van der Waals surface area (Å²) in [4.78, 5) is -0.177. The fourth-order valence-electron chi connectivity index (χ4n) is 2.75. The summed E-state index contributed by atoms with van der Waals surface area (Å²) in [5.74, 6) is 0. The van der Waals surface area contributed by atoms with Crippen LogP contribution in [0.25, 0.3) is 0 Å². The Kier molecular flexibility index (Phi) is 4.09. The molecule has 0 saturated carbocycles. The highest BCUT2D eigenvalue weighted by Gasteiger charge is 2.68. The summed E-state index contributed by atoms with van der Waals surface area (Å²) < 4.78 is 65.7. The van der Waals surface area contributed by atoms with Crippen molar-refractivity contribution in [2.24, 2.45) is 0 Å². The molecule has 0 spiro atoms. The standard InChI is InChI=1S/C17H13F3N2O2S/c1-11-2-8-14(9-3-11)25(23,24)22-15(16(22)17(18,19)20)13-6-4-12(10-21)5-7-13/h2-9,15-16H,1H3/t15-,16-,22?/m1/s1. The fourth-order valence-corrected chi connectivity index (χ4v) is 4.49. The minimum absolute atomic E-state index is 0.177. The first-order valence-electron chi connectivity index (χ1n) is 7.33. The first-order chi connectivity index (χ1) is 11.7. The van der Waals surface area contributed by atoms with E-state index in [4.69, 9.17) is 5.26 Å². The number of benzene rings is 2. The predicted octanol–water partition coefficient (Wildman–Crippen LogP) is 3.54. The third kappa shape index (κ3) is 3.13. The first kappa shape index (κ1) is 17.5. The molecule has 4 nitrogen and oxygen atoms in total. The Labute approximate surface area is 143 Å². The van der Waals surface area contributed by atoms with Crippen LogP contribution in [0.5, 0.6) is 0 Å². The van der Waals surface area contributed by atoms with E-state index in [0.29, 0.717) is 9.87 Å². The number of rotatable bonds is 3. The van der Waals surface area contributed by atoms with E-state index in [1.165, 1.54) is 48.5 Å². The van der Waals surface area contributed by atoms with Crippen molar-refractivity contribution in [3.05, 3.63) is 65.2 Å². The molecule has 0 N–H and O–H groups in total. The van der Waals surface area contributed by atoms with Crippen LogP contribution in [0.2, 0.25) is 0 Å². The average molecular weight is 366 g/mol. The van der Waals surface area contributed by atoms with Crippen molar-refractivity contribution >= 4 is 10.0 Å². The van der Waals surface area contributed by atoms with Gasteiger partial charge in [-0.05, 0) is 36.8 Å². The molecule has 1 saturated heterocycles. The van der Waals surface area contributed by atoms with E-state index >= 15 is 0 Å². The van der Waals surface area contributed by atoms with Crippen molar-refractivity contribution in [2.75, 3.05) is 0 Å². The van der Waals surface area contributed by atoms with E-state index in [1.807, 2.05) is 6.07 Å². The van der Waals surface area contributed by atoms with Gasteiger partial charge in [0.05, 0.1) is 22.6 Å². The Balaban J connectivity index is 2.00. The lowest BCUT2D eigenvalue weighted by molar-refractivity contribution is -0.134. The maximum atomic E-state index is 13.3. The van der Waals surface area contributed by atoms with Crippen LogP contribution < -0.4 is 0 Å². The van der Waals surface area contributed by atoms with Gasteiger partial charge in [-0.15, -0.1) is 0 Å². The van der Waals surface area contributed by atoms with Gasteiger partial charge in [0.25, 0.3) is 0 Å². The Morgan fingerprint density at radius 1 is 1.04 bits per heavy atom. The number of aryl methyl sites for hydroxylation is 1. The molecule has 25 heavy (non-hydrogen) atoms. The molecule has 0 radical (unpaired) electrons. The third-order valence-corrected chi connectivity index (χ3v) is 5.95. The lowest BCUT2D eigenvalue weighted by Crippen LogP contribution is -2.24. The Bertz CT molecular complexity index is 930. The van der Waals surface area contributed by atoms with Crippen LogP contribution >= 0.6 is 0 Å². The molecule has 2 aromatic carbocycles. The molecular weight excluding hydrogens is 353 g/mol. The summed E-state index contributed by atoms with van der Waals surface area (Å²) in [6, 6.07) is 9.57. The van der Waals surface area contributed by atoms with Crippen LogP contribution in [-0.2, 0) is 10.0 Å². The largest absolute Gasteiger partial charge is 0.407 e. The highest BCUT2D eigenvalue weighted by molar-refractivity contribution is 7.89. The number of hydrogen-bond acceptors (Lipinski definition) is 3. The van der Waals surface area contributed by atoms with E-state index < -0.39 is 28.3 Å². The molecule has 0 bridgehead atoms. The van der Waals surface area contributed by atoms with E-state index in [-0.39, 0.29) is 10.5 Å². The van der Waals surface area contributed by atoms with Gasteiger partial charge < -0.3 is 0 Å².